The fourth-order valence-electron chi connectivity index (χ4n) is 2.11. The average Bonchev–Trinajstić information content (AvgIpc) is 2.50. The van der Waals surface area contributed by atoms with Gasteiger partial charge in [-0.1, -0.05) is 12.1 Å². The standard InChI is InChI=1S/C16H16FN3O3/c1-10-6-7-12(17)8-14(10)18-9-16(21)19-13-4-3-5-15(11(13)2)20(22)23/h3-8,18H,9H2,1-2H3,(H,19,21). The third kappa shape index (κ3) is 4.03. The topological polar surface area (TPSA) is 84.3 Å². The Kier molecular flexibility index (Phi) is 4.90. The highest BCUT2D eigenvalue weighted by Crippen LogP contribution is 2.25. The highest BCUT2D eigenvalue weighted by atomic mass is 19.1. The zero-order chi connectivity index (χ0) is 17.0. The van der Waals surface area contributed by atoms with E-state index in [4.69, 9.17) is 0 Å². The van der Waals surface area contributed by atoms with Gasteiger partial charge in [-0.2, -0.15) is 0 Å². The predicted octanol–water partition coefficient (Wildman–Crippen LogP) is 3.40. The van der Waals surface area contributed by atoms with Crippen molar-refractivity contribution in [3.05, 3.63) is 63.5 Å². The largest absolute Gasteiger partial charge is 0.376 e. The number of carbonyl (C=O) groups excluding carboxylic acids is 1. The first-order valence-corrected chi connectivity index (χ1v) is 6.92. The molecule has 0 aliphatic rings. The van der Waals surface area contributed by atoms with E-state index >= 15 is 0 Å². The minimum atomic E-state index is -0.501. The summed E-state index contributed by atoms with van der Waals surface area (Å²) < 4.78 is 13.2. The molecule has 0 bridgehead atoms. The molecule has 0 saturated carbocycles. The van der Waals surface area contributed by atoms with Crippen LogP contribution in [0.4, 0.5) is 21.5 Å². The first-order valence-electron chi connectivity index (χ1n) is 6.92. The van der Waals surface area contributed by atoms with Crippen molar-refractivity contribution in [2.45, 2.75) is 13.8 Å². The van der Waals surface area contributed by atoms with Crippen LogP contribution in [0.2, 0.25) is 0 Å². The van der Waals surface area contributed by atoms with Crippen LogP contribution in [0.3, 0.4) is 0 Å². The first-order chi connectivity index (χ1) is 10.9. The number of halogens is 1. The van der Waals surface area contributed by atoms with Crippen LogP contribution >= 0.6 is 0 Å². The van der Waals surface area contributed by atoms with Crippen molar-refractivity contribution in [1.82, 2.24) is 0 Å². The fraction of sp³-hybridized carbons (Fsp3) is 0.188. The Morgan fingerprint density at radius 3 is 2.65 bits per heavy atom. The van der Waals surface area contributed by atoms with Crippen LogP contribution in [0, 0.1) is 29.8 Å². The van der Waals surface area contributed by atoms with Crippen molar-refractivity contribution >= 4 is 23.0 Å². The highest BCUT2D eigenvalue weighted by molar-refractivity contribution is 5.95. The van der Waals surface area contributed by atoms with E-state index in [2.05, 4.69) is 10.6 Å². The number of aryl methyl sites for hydroxylation is 1. The van der Waals surface area contributed by atoms with E-state index in [1.54, 1.807) is 26.0 Å². The highest BCUT2D eigenvalue weighted by Gasteiger charge is 2.14. The number of nitro groups is 1. The van der Waals surface area contributed by atoms with Crippen LogP contribution in [0.5, 0.6) is 0 Å². The molecular weight excluding hydrogens is 301 g/mol. The molecule has 0 atom stereocenters. The van der Waals surface area contributed by atoms with Gasteiger partial charge in [-0.15, -0.1) is 0 Å². The number of hydrogen-bond donors (Lipinski definition) is 2. The number of rotatable bonds is 5. The molecule has 0 unspecified atom stereocenters. The maximum absolute atomic E-state index is 13.2. The summed E-state index contributed by atoms with van der Waals surface area (Å²) in [7, 11) is 0. The van der Waals surface area contributed by atoms with Gasteiger partial charge < -0.3 is 10.6 Å². The summed E-state index contributed by atoms with van der Waals surface area (Å²) in [4.78, 5) is 22.4. The molecule has 0 radical (unpaired) electrons. The molecular formula is C16H16FN3O3. The Morgan fingerprint density at radius 2 is 1.96 bits per heavy atom. The third-order valence-electron chi connectivity index (χ3n) is 3.42. The first kappa shape index (κ1) is 16.4. The van der Waals surface area contributed by atoms with Crippen LogP contribution in [0.1, 0.15) is 11.1 Å². The number of nitrogens with one attached hydrogen (secondary N) is 2. The molecule has 0 aliphatic carbocycles. The third-order valence-corrected chi connectivity index (χ3v) is 3.42. The van der Waals surface area contributed by atoms with E-state index in [0.717, 1.165) is 5.56 Å². The van der Waals surface area contributed by atoms with Crippen LogP contribution in [-0.4, -0.2) is 17.4 Å². The lowest BCUT2D eigenvalue weighted by atomic mass is 10.1. The Morgan fingerprint density at radius 1 is 1.22 bits per heavy atom. The summed E-state index contributed by atoms with van der Waals surface area (Å²) in [5.41, 5.74) is 2.04. The fourth-order valence-corrected chi connectivity index (χ4v) is 2.11. The van der Waals surface area contributed by atoms with Crippen LogP contribution < -0.4 is 10.6 Å². The molecule has 23 heavy (non-hydrogen) atoms. The molecule has 6 nitrogen and oxygen atoms in total. The van der Waals surface area contributed by atoms with E-state index < -0.39 is 10.7 Å². The normalized spacial score (nSPS) is 10.2. The van der Waals surface area contributed by atoms with E-state index in [1.807, 2.05) is 0 Å². The van der Waals surface area contributed by atoms with Crippen LogP contribution in [-0.2, 0) is 4.79 Å². The van der Waals surface area contributed by atoms with E-state index in [1.165, 1.54) is 24.3 Å². The SMILES string of the molecule is Cc1ccc(F)cc1NCC(=O)Nc1cccc([N+](=O)[O-])c1C. The molecule has 2 aromatic rings. The molecule has 0 spiro atoms. The minimum Gasteiger partial charge on any atom is -0.376 e. The molecule has 1 amide bonds. The van der Waals surface area contributed by atoms with Gasteiger partial charge in [0.2, 0.25) is 5.91 Å². The van der Waals surface area contributed by atoms with Crippen molar-refractivity contribution in [3.63, 3.8) is 0 Å². The van der Waals surface area contributed by atoms with Crippen LogP contribution in [0.25, 0.3) is 0 Å². The lowest BCUT2D eigenvalue weighted by molar-refractivity contribution is -0.385. The van der Waals surface area contributed by atoms with Gasteiger partial charge in [0.1, 0.15) is 5.82 Å². The second-order valence-electron chi connectivity index (χ2n) is 5.07. The molecule has 0 aromatic heterocycles. The van der Waals surface area contributed by atoms with Gasteiger partial charge in [-0.05, 0) is 37.6 Å². The number of amides is 1. The number of carbonyl (C=O) groups is 1. The minimum absolute atomic E-state index is 0.0586. The summed E-state index contributed by atoms with van der Waals surface area (Å²) >= 11 is 0. The number of anilines is 2. The zero-order valence-corrected chi connectivity index (χ0v) is 12.7. The van der Waals surface area contributed by atoms with E-state index in [9.17, 15) is 19.3 Å². The molecule has 7 heteroatoms. The van der Waals surface area contributed by atoms with E-state index in [-0.39, 0.29) is 18.1 Å². The summed E-state index contributed by atoms with van der Waals surface area (Å²) in [6, 6.07) is 8.73. The zero-order valence-electron chi connectivity index (χ0n) is 12.7. The summed E-state index contributed by atoms with van der Waals surface area (Å²) in [5.74, 6) is -0.773. The monoisotopic (exact) mass is 317 g/mol. The van der Waals surface area contributed by atoms with E-state index in [0.29, 0.717) is 16.9 Å². The number of nitro benzene ring substituents is 1. The molecule has 0 aliphatic heterocycles. The quantitative estimate of drug-likeness (QED) is 0.654. The molecule has 2 rings (SSSR count). The smallest absolute Gasteiger partial charge is 0.274 e. The average molecular weight is 317 g/mol. The van der Waals surface area contributed by atoms with Crippen molar-refractivity contribution in [2.75, 3.05) is 17.2 Å². The molecule has 0 fully saturated rings. The van der Waals surface area contributed by atoms with Gasteiger partial charge in [0.05, 0.1) is 22.7 Å². The number of nitrogens with zero attached hydrogens (tertiary/aromatic N) is 1. The lowest BCUT2D eigenvalue weighted by Gasteiger charge is -2.11. The Labute approximate surface area is 132 Å². The number of benzene rings is 2. The summed E-state index contributed by atoms with van der Waals surface area (Å²) in [6.45, 7) is 3.29. The second-order valence-corrected chi connectivity index (χ2v) is 5.07. The van der Waals surface area contributed by atoms with Crippen molar-refractivity contribution in [3.8, 4) is 0 Å². The summed E-state index contributed by atoms with van der Waals surface area (Å²) in [5, 5.41) is 16.3. The van der Waals surface area contributed by atoms with Gasteiger partial charge in [-0.25, -0.2) is 4.39 Å². The molecule has 2 aromatic carbocycles. The molecule has 120 valence electrons. The van der Waals surface area contributed by atoms with Crippen molar-refractivity contribution < 1.29 is 14.1 Å². The Balaban J connectivity index is 2.04. The van der Waals surface area contributed by atoms with Crippen molar-refractivity contribution in [2.24, 2.45) is 0 Å². The molecule has 2 N–H and O–H groups in total. The molecule has 0 saturated heterocycles. The lowest BCUT2D eigenvalue weighted by Crippen LogP contribution is -2.22. The Bertz CT molecular complexity index is 762. The maximum Gasteiger partial charge on any atom is 0.274 e. The van der Waals surface area contributed by atoms with Gasteiger partial charge in [0.15, 0.2) is 0 Å². The van der Waals surface area contributed by atoms with Gasteiger partial charge in [0, 0.05) is 11.8 Å². The van der Waals surface area contributed by atoms with Crippen molar-refractivity contribution in [1.29, 1.82) is 0 Å². The summed E-state index contributed by atoms with van der Waals surface area (Å²) in [6.07, 6.45) is 0. The van der Waals surface area contributed by atoms with Gasteiger partial charge >= 0.3 is 0 Å². The molecule has 0 heterocycles. The Hall–Kier alpha value is -2.96. The van der Waals surface area contributed by atoms with Gasteiger partial charge in [-0.3, -0.25) is 14.9 Å². The van der Waals surface area contributed by atoms with Gasteiger partial charge in [0.25, 0.3) is 5.69 Å². The number of hydrogen-bond acceptors (Lipinski definition) is 4. The maximum atomic E-state index is 13.2. The second kappa shape index (κ2) is 6.87. The van der Waals surface area contributed by atoms with Crippen LogP contribution in [0.15, 0.2) is 36.4 Å². The predicted molar refractivity (Wildman–Crippen MR) is 86.1 cm³/mol.